The highest BCUT2D eigenvalue weighted by molar-refractivity contribution is 7.91. The van der Waals surface area contributed by atoms with Crippen molar-refractivity contribution in [2.24, 2.45) is 5.92 Å². The average Bonchev–Trinajstić information content (AvgIpc) is 3.41. The number of carbonyl (C=O) groups excluding carboxylic acids is 2. The Balaban J connectivity index is 1.37. The van der Waals surface area contributed by atoms with Gasteiger partial charge in [-0.3, -0.25) is 9.59 Å². The summed E-state index contributed by atoms with van der Waals surface area (Å²) >= 11 is 1.18. The summed E-state index contributed by atoms with van der Waals surface area (Å²) < 4.78 is 26.2. The lowest BCUT2D eigenvalue weighted by Gasteiger charge is -2.15. The first-order valence-corrected chi connectivity index (χ1v) is 11.8. The van der Waals surface area contributed by atoms with Crippen LogP contribution in [-0.2, 0) is 26.2 Å². The average molecular weight is 436 g/mol. The Labute approximate surface area is 175 Å². The molecule has 1 aromatic carbocycles. The van der Waals surface area contributed by atoms with E-state index in [1.54, 1.807) is 17.5 Å². The molecule has 2 amide bonds. The summed E-state index contributed by atoms with van der Waals surface area (Å²) in [4.78, 5) is 23.8. The molecule has 9 heteroatoms. The van der Waals surface area contributed by atoms with Crippen LogP contribution in [-0.4, -0.2) is 38.1 Å². The Morgan fingerprint density at radius 2 is 1.90 bits per heavy atom. The summed E-state index contributed by atoms with van der Waals surface area (Å²) in [5, 5.41) is 7.44. The number of hydrogen-bond donors (Lipinski definition) is 2. The number of carbonyl (C=O) groups is 2. The molecule has 0 radical (unpaired) electrons. The minimum Gasteiger partial charge on any atom is -0.352 e. The van der Waals surface area contributed by atoms with Crippen LogP contribution in [0.25, 0.3) is 0 Å². The standard InChI is InChI=1S/C20H25N3O4S2/c1-23(29(26,27)19-5-3-13-28-19)12-2-4-18(24)21-14-15-6-10-17(11-7-15)22-20(25)16-8-9-16/h3,5-7,10-11,13,16H,2,4,8-9,12,14H2,1H3,(H,21,24)(H,22,25). The fraction of sp³-hybridized carbons (Fsp3) is 0.400. The van der Waals surface area contributed by atoms with Crippen LogP contribution in [0.15, 0.2) is 46.0 Å². The summed E-state index contributed by atoms with van der Waals surface area (Å²) in [7, 11) is -1.95. The molecule has 156 valence electrons. The van der Waals surface area contributed by atoms with Crippen molar-refractivity contribution in [3.63, 3.8) is 0 Å². The molecule has 1 aliphatic rings. The van der Waals surface area contributed by atoms with Crippen molar-refractivity contribution >= 4 is 38.9 Å². The van der Waals surface area contributed by atoms with Crippen LogP contribution >= 0.6 is 11.3 Å². The molecule has 1 aromatic heterocycles. The summed E-state index contributed by atoms with van der Waals surface area (Å²) in [6.45, 7) is 0.669. The van der Waals surface area contributed by atoms with Crippen molar-refractivity contribution in [2.45, 2.75) is 36.4 Å². The third kappa shape index (κ3) is 6.12. The molecule has 0 unspecified atom stereocenters. The highest BCUT2D eigenvalue weighted by Gasteiger charge is 2.29. The Kier molecular flexibility index (Phi) is 7.05. The van der Waals surface area contributed by atoms with Gasteiger partial charge in [-0.2, -0.15) is 0 Å². The first-order chi connectivity index (χ1) is 13.9. The smallest absolute Gasteiger partial charge is 0.252 e. The summed E-state index contributed by atoms with van der Waals surface area (Å²) in [5.74, 6) is 0.100. The van der Waals surface area contributed by atoms with E-state index in [-0.39, 0.29) is 30.7 Å². The zero-order valence-electron chi connectivity index (χ0n) is 16.3. The lowest BCUT2D eigenvalue weighted by molar-refractivity contribution is -0.121. The molecule has 2 N–H and O–H groups in total. The van der Waals surface area contributed by atoms with Gasteiger partial charge in [0.2, 0.25) is 11.8 Å². The van der Waals surface area contributed by atoms with Crippen LogP contribution < -0.4 is 10.6 Å². The Morgan fingerprint density at radius 1 is 1.17 bits per heavy atom. The van der Waals surface area contributed by atoms with Gasteiger partial charge in [0.15, 0.2) is 0 Å². The quantitative estimate of drug-likeness (QED) is 0.600. The number of rotatable bonds is 10. The number of nitrogens with one attached hydrogen (secondary N) is 2. The monoisotopic (exact) mass is 435 g/mol. The SMILES string of the molecule is CN(CCCC(=O)NCc1ccc(NC(=O)C2CC2)cc1)S(=O)(=O)c1cccs1. The van der Waals surface area contributed by atoms with Gasteiger partial charge in [0.05, 0.1) is 0 Å². The minimum atomic E-state index is -3.47. The van der Waals surface area contributed by atoms with Gasteiger partial charge in [-0.15, -0.1) is 11.3 Å². The van der Waals surface area contributed by atoms with E-state index in [2.05, 4.69) is 10.6 Å². The number of hydrogen-bond acceptors (Lipinski definition) is 5. The van der Waals surface area contributed by atoms with E-state index >= 15 is 0 Å². The van der Waals surface area contributed by atoms with Crippen molar-refractivity contribution < 1.29 is 18.0 Å². The molecule has 2 aromatic rings. The molecule has 1 heterocycles. The van der Waals surface area contributed by atoms with Gasteiger partial charge in [-0.1, -0.05) is 18.2 Å². The maximum absolute atomic E-state index is 12.3. The summed E-state index contributed by atoms with van der Waals surface area (Å²) in [5.41, 5.74) is 1.69. The molecule has 0 saturated heterocycles. The van der Waals surface area contributed by atoms with Crippen LogP contribution in [0.2, 0.25) is 0 Å². The third-order valence-electron chi connectivity index (χ3n) is 4.70. The second kappa shape index (κ2) is 9.51. The largest absolute Gasteiger partial charge is 0.352 e. The number of benzene rings is 1. The zero-order chi connectivity index (χ0) is 20.9. The second-order valence-corrected chi connectivity index (χ2v) is 10.3. The Morgan fingerprint density at radius 3 is 2.52 bits per heavy atom. The van der Waals surface area contributed by atoms with Crippen molar-refractivity contribution in [1.82, 2.24) is 9.62 Å². The van der Waals surface area contributed by atoms with Gasteiger partial charge in [-0.25, -0.2) is 12.7 Å². The highest BCUT2D eigenvalue weighted by atomic mass is 32.2. The lowest BCUT2D eigenvalue weighted by atomic mass is 10.2. The van der Waals surface area contributed by atoms with E-state index in [9.17, 15) is 18.0 Å². The first-order valence-electron chi connectivity index (χ1n) is 9.52. The van der Waals surface area contributed by atoms with Crippen LogP contribution in [0, 0.1) is 5.92 Å². The maximum Gasteiger partial charge on any atom is 0.252 e. The van der Waals surface area contributed by atoms with Crippen molar-refractivity contribution in [3.05, 3.63) is 47.3 Å². The number of anilines is 1. The van der Waals surface area contributed by atoms with E-state index in [0.29, 0.717) is 17.2 Å². The topological polar surface area (TPSA) is 95.6 Å². The molecule has 1 saturated carbocycles. The molecule has 1 aliphatic carbocycles. The molecule has 0 atom stereocenters. The maximum atomic E-state index is 12.3. The zero-order valence-corrected chi connectivity index (χ0v) is 17.9. The molecule has 0 bridgehead atoms. The predicted molar refractivity (Wildman–Crippen MR) is 113 cm³/mol. The first kappa shape index (κ1) is 21.5. The lowest BCUT2D eigenvalue weighted by Crippen LogP contribution is -2.29. The minimum absolute atomic E-state index is 0.0668. The van der Waals surface area contributed by atoms with E-state index < -0.39 is 10.0 Å². The molecule has 0 aliphatic heterocycles. The third-order valence-corrected chi connectivity index (χ3v) is 7.93. The number of sulfonamides is 1. The van der Waals surface area contributed by atoms with Crippen LogP contribution in [0.5, 0.6) is 0 Å². The van der Waals surface area contributed by atoms with E-state index in [4.69, 9.17) is 0 Å². The number of thiophene rings is 1. The fourth-order valence-electron chi connectivity index (χ4n) is 2.73. The van der Waals surface area contributed by atoms with Crippen molar-refractivity contribution in [2.75, 3.05) is 18.9 Å². The van der Waals surface area contributed by atoms with E-state index in [0.717, 1.165) is 24.1 Å². The predicted octanol–water partition coefficient (Wildman–Crippen LogP) is 2.81. The molecule has 0 spiro atoms. The Hall–Kier alpha value is -2.23. The second-order valence-electron chi connectivity index (χ2n) is 7.10. The molecule has 1 fully saturated rings. The van der Waals surface area contributed by atoms with Crippen molar-refractivity contribution in [1.29, 1.82) is 0 Å². The van der Waals surface area contributed by atoms with Gasteiger partial charge < -0.3 is 10.6 Å². The summed E-state index contributed by atoms with van der Waals surface area (Å²) in [6, 6.07) is 10.7. The van der Waals surface area contributed by atoms with Crippen molar-refractivity contribution in [3.8, 4) is 0 Å². The molecular formula is C20H25N3O4S2. The molecular weight excluding hydrogens is 410 g/mol. The Bertz CT molecular complexity index is 937. The number of amides is 2. The molecule has 3 rings (SSSR count). The fourth-order valence-corrected chi connectivity index (χ4v) is 5.14. The molecule has 7 nitrogen and oxygen atoms in total. The van der Waals surface area contributed by atoms with Gasteiger partial charge in [0.25, 0.3) is 10.0 Å². The normalized spacial score (nSPS) is 14.0. The van der Waals surface area contributed by atoms with Gasteiger partial charge in [0, 0.05) is 38.2 Å². The van der Waals surface area contributed by atoms with Crippen LogP contribution in [0.1, 0.15) is 31.2 Å². The summed E-state index contributed by atoms with van der Waals surface area (Å²) in [6.07, 6.45) is 2.62. The van der Waals surface area contributed by atoms with Crippen LogP contribution in [0.3, 0.4) is 0 Å². The highest BCUT2D eigenvalue weighted by Crippen LogP contribution is 2.30. The van der Waals surface area contributed by atoms with E-state index in [1.165, 1.54) is 22.7 Å². The van der Waals surface area contributed by atoms with Gasteiger partial charge >= 0.3 is 0 Å². The van der Waals surface area contributed by atoms with Crippen LogP contribution in [0.4, 0.5) is 5.69 Å². The van der Waals surface area contributed by atoms with Gasteiger partial charge in [0.1, 0.15) is 4.21 Å². The van der Waals surface area contributed by atoms with Gasteiger partial charge in [-0.05, 0) is 48.4 Å². The van der Waals surface area contributed by atoms with E-state index in [1.807, 2.05) is 24.3 Å². The molecule has 29 heavy (non-hydrogen) atoms. The number of nitrogens with zero attached hydrogens (tertiary/aromatic N) is 1.